The number of benzene rings is 2. The molecule has 2 N–H and O–H groups in total. The van der Waals surface area contributed by atoms with Gasteiger partial charge in [-0.25, -0.2) is 0 Å². The molecule has 0 aliphatic heterocycles. The van der Waals surface area contributed by atoms with Crippen LogP contribution < -0.4 is 20.1 Å². The van der Waals surface area contributed by atoms with Crippen molar-refractivity contribution in [2.24, 2.45) is 0 Å². The smallest absolute Gasteiger partial charge is 0.259 e. The summed E-state index contributed by atoms with van der Waals surface area (Å²) >= 11 is 5.98. The van der Waals surface area contributed by atoms with Crippen LogP contribution in [0.1, 0.15) is 36.5 Å². The molecule has 0 saturated carbocycles. The molecule has 2 aromatic carbocycles. The third-order valence-corrected chi connectivity index (χ3v) is 4.13. The Hall–Kier alpha value is -2.73. The molecule has 144 valence electrons. The maximum atomic E-state index is 12.6. The van der Waals surface area contributed by atoms with Gasteiger partial charge in [0.2, 0.25) is 5.91 Å². The van der Waals surface area contributed by atoms with Crippen molar-refractivity contribution in [3.05, 3.63) is 47.0 Å². The van der Waals surface area contributed by atoms with E-state index in [1.165, 1.54) is 20.3 Å². The van der Waals surface area contributed by atoms with Gasteiger partial charge in [0.25, 0.3) is 5.91 Å². The quantitative estimate of drug-likeness (QED) is 0.682. The molecule has 0 radical (unpaired) electrons. The average Bonchev–Trinajstić information content (AvgIpc) is 2.67. The van der Waals surface area contributed by atoms with Crippen LogP contribution in [0.3, 0.4) is 0 Å². The highest BCUT2D eigenvalue weighted by molar-refractivity contribution is 6.31. The van der Waals surface area contributed by atoms with Gasteiger partial charge < -0.3 is 20.1 Å². The van der Waals surface area contributed by atoms with E-state index in [-0.39, 0.29) is 11.8 Å². The fraction of sp³-hybridized carbons (Fsp3) is 0.300. The van der Waals surface area contributed by atoms with Gasteiger partial charge >= 0.3 is 0 Å². The first-order chi connectivity index (χ1) is 13.0. The zero-order valence-electron chi connectivity index (χ0n) is 15.6. The van der Waals surface area contributed by atoms with Crippen molar-refractivity contribution >= 4 is 34.8 Å². The summed E-state index contributed by atoms with van der Waals surface area (Å²) in [5.41, 5.74) is 1.39. The van der Waals surface area contributed by atoms with Crippen molar-refractivity contribution in [1.82, 2.24) is 0 Å². The highest BCUT2D eigenvalue weighted by Crippen LogP contribution is 2.29. The molecule has 0 spiro atoms. The second kappa shape index (κ2) is 9.83. The number of hydrogen-bond donors (Lipinski definition) is 2. The zero-order chi connectivity index (χ0) is 19.8. The summed E-state index contributed by atoms with van der Waals surface area (Å²) in [6, 6.07) is 9.84. The number of carbonyl (C=O) groups is 2. The Morgan fingerprint density at radius 1 is 1.00 bits per heavy atom. The normalized spacial score (nSPS) is 10.2. The maximum absolute atomic E-state index is 12.6. The Labute approximate surface area is 163 Å². The van der Waals surface area contributed by atoms with E-state index in [0.717, 1.165) is 12.8 Å². The lowest BCUT2D eigenvalue weighted by Gasteiger charge is -2.13. The summed E-state index contributed by atoms with van der Waals surface area (Å²) in [5, 5.41) is 6.03. The summed E-state index contributed by atoms with van der Waals surface area (Å²) in [5.74, 6) is 0.436. The van der Waals surface area contributed by atoms with Gasteiger partial charge in [-0.2, -0.15) is 0 Å². The molecule has 0 heterocycles. The zero-order valence-corrected chi connectivity index (χ0v) is 16.4. The van der Waals surface area contributed by atoms with Gasteiger partial charge in [0.05, 0.1) is 25.5 Å². The Morgan fingerprint density at radius 3 is 2.41 bits per heavy atom. The Balaban J connectivity index is 2.17. The molecular weight excluding hydrogens is 368 g/mol. The fourth-order valence-corrected chi connectivity index (χ4v) is 2.65. The molecular formula is C20H23ClN2O4. The van der Waals surface area contributed by atoms with Crippen LogP contribution >= 0.6 is 11.6 Å². The SMILES string of the molecule is CCCCC(=O)Nc1ccc(NC(=O)c2cc(Cl)ccc2OC)cc1OC. The number of halogens is 1. The molecule has 6 nitrogen and oxygen atoms in total. The second-order valence-corrected chi connectivity index (χ2v) is 6.30. The van der Waals surface area contributed by atoms with Crippen molar-refractivity contribution in [2.45, 2.75) is 26.2 Å². The van der Waals surface area contributed by atoms with Gasteiger partial charge in [-0.05, 0) is 36.8 Å². The summed E-state index contributed by atoms with van der Waals surface area (Å²) in [6.07, 6.45) is 2.22. The lowest BCUT2D eigenvalue weighted by Crippen LogP contribution is -2.14. The molecule has 0 unspecified atom stereocenters. The molecule has 0 saturated heterocycles. The van der Waals surface area contributed by atoms with E-state index in [4.69, 9.17) is 21.1 Å². The highest BCUT2D eigenvalue weighted by atomic mass is 35.5. The van der Waals surface area contributed by atoms with Crippen LogP contribution in [0.2, 0.25) is 5.02 Å². The number of nitrogens with one attached hydrogen (secondary N) is 2. The summed E-state index contributed by atoms with van der Waals surface area (Å²) in [7, 11) is 2.99. The van der Waals surface area contributed by atoms with Crippen molar-refractivity contribution in [3.8, 4) is 11.5 Å². The van der Waals surface area contributed by atoms with E-state index in [2.05, 4.69) is 10.6 Å². The number of ether oxygens (including phenoxy) is 2. The van der Waals surface area contributed by atoms with Crippen LogP contribution in [0.4, 0.5) is 11.4 Å². The Bertz CT molecular complexity index is 824. The molecule has 0 bridgehead atoms. The van der Waals surface area contributed by atoms with Gasteiger partial charge in [0, 0.05) is 23.2 Å². The molecule has 0 aliphatic carbocycles. The van der Waals surface area contributed by atoms with E-state index in [1.807, 2.05) is 6.92 Å². The Morgan fingerprint density at radius 2 is 1.74 bits per heavy atom. The summed E-state index contributed by atoms with van der Waals surface area (Å²) in [4.78, 5) is 24.5. The standard InChI is InChI=1S/C20H23ClN2O4/c1-4-5-6-19(24)23-16-9-8-14(12-18(16)27-3)22-20(25)15-11-13(21)7-10-17(15)26-2/h7-12H,4-6H2,1-3H3,(H,22,25)(H,23,24). The molecule has 0 fully saturated rings. The van der Waals surface area contributed by atoms with Crippen LogP contribution in [0, 0.1) is 0 Å². The average molecular weight is 391 g/mol. The van der Waals surface area contributed by atoms with Crippen LogP contribution in [-0.4, -0.2) is 26.0 Å². The summed E-state index contributed by atoms with van der Waals surface area (Å²) < 4.78 is 10.5. The van der Waals surface area contributed by atoms with Crippen LogP contribution in [-0.2, 0) is 4.79 Å². The first-order valence-corrected chi connectivity index (χ1v) is 8.99. The number of methoxy groups -OCH3 is 2. The molecule has 27 heavy (non-hydrogen) atoms. The first-order valence-electron chi connectivity index (χ1n) is 8.61. The monoisotopic (exact) mass is 390 g/mol. The molecule has 0 aromatic heterocycles. The molecule has 2 aromatic rings. The van der Waals surface area contributed by atoms with Gasteiger partial charge in [-0.1, -0.05) is 24.9 Å². The molecule has 2 rings (SSSR count). The van der Waals surface area contributed by atoms with E-state index in [0.29, 0.717) is 39.9 Å². The lowest BCUT2D eigenvalue weighted by atomic mass is 10.1. The molecule has 2 amide bonds. The fourth-order valence-electron chi connectivity index (χ4n) is 2.48. The van der Waals surface area contributed by atoms with Crippen LogP contribution in [0.5, 0.6) is 11.5 Å². The van der Waals surface area contributed by atoms with Gasteiger partial charge in [-0.15, -0.1) is 0 Å². The number of anilines is 2. The predicted molar refractivity (Wildman–Crippen MR) is 107 cm³/mol. The van der Waals surface area contributed by atoms with E-state index in [1.54, 1.807) is 30.3 Å². The molecule has 0 aliphatic rings. The van der Waals surface area contributed by atoms with Gasteiger partial charge in [0.1, 0.15) is 11.5 Å². The number of carbonyl (C=O) groups excluding carboxylic acids is 2. The second-order valence-electron chi connectivity index (χ2n) is 5.87. The minimum Gasteiger partial charge on any atom is -0.496 e. The van der Waals surface area contributed by atoms with E-state index < -0.39 is 0 Å². The maximum Gasteiger partial charge on any atom is 0.259 e. The molecule has 7 heteroatoms. The minimum atomic E-state index is -0.365. The molecule has 0 atom stereocenters. The number of hydrogen-bond acceptors (Lipinski definition) is 4. The lowest BCUT2D eigenvalue weighted by molar-refractivity contribution is -0.116. The van der Waals surface area contributed by atoms with Crippen molar-refractivity contribution in [2.75, 3.05) is 24.9 Å². The van der Waals surface area contributed by atoms with E-state index in [9.17, 15) is 9.59 Å². The third kappa shape index (κ3) is 5.62. The highest BCUT2D eigenvalue weighted by Gasteiger charge is 2.15. The van der Waals surface area contributed by atoms with Crippen LogP contribution in [0.25, 0.3) is 0 Å². The largest absolute Gasteiger partial charge is 0.496 e. The number of amides is 2. The van der Waals surface area contributed by atoms with E-state index >= 15 is 0 Å². The third-order valence-electron chi connectivity index (χ3n) is 3.90. The van der Waals surface area contributed by atoms with Gasteiger partial charge in [-0.3, -0.25) is 9.59 Å². The first kappa shape index (κ1) is 20.6. The van der Waals surface area contributed by atoms with Crippen molar-refractivity contribution in [1.29, 1.82) is 0 Å². The van der Waals surface area contributed by atoms with Crippen molar-refractivity contribution in [3.63, 3.8) is 0 Å². The van der Waals surface area contributed by atoms with Crippen LogP contribution in [0.15, 0.2) is 36.4 Å². The predicted octanol–water partition coefficient (Wildman–Crippen LogP) is 4.74. The number of unbranched alkanes of at least 4 members (excludes halogenated alkanes) is 1. The topological polar surface area (TPSA) is 76.7 Å². The minimum absolute atomic E-state index is 0.0735. The Kier molecular flexibility index (Phi) is 7.49. The van der Waals surface area contributed by atoms with Crippen molar-refractivity contribution < 1.29 is 19.1 Å². The summed E-state index contributed by atoms with van der Waals surface area (Å²) in [6.45, 7) is 2.03. The number of rotatable bonds is 8. The van der Waals surface area contributed by atoms with Gasteiger partial charge in [0.15, 0.2) is 0 Å².